The minimum absolute atomic E-state index is 0.760. The van der Waals surface area contributed by atoms with Crippen molar-refractivity contribution in [1.29, 1.82) is 0 Å². The third kappa shape index (κ3) is 6.79. The number of halogens is 1. The van der Waals surface area contributed by atoms with Crippen LogP contribution in [0.3, 0.4) is 0 Å². The topological polar surface area (TPSA) is 9.23 Å². The average molecular weight is 183 g/mol. The maximum absolute atomic E-state index is 5.80. The van der Waals surface area contributed by atoms with Gasteiger partial charge in [0.05, 0.1) is 0 Å². The number of hydrogen-bond acceptors (Lipinski definition) is 1. The molecule has 44 valence electrons. The minimum atomic E-state index is -2.11. The van der Waals surface area contributed by atoms with Crippen LogP contribution >= 0.6 is 10.0 Å². The van der Waals surface area contributed by atoms with Crippen molar-refractivity contribution in [3.05, 3.63) is 0 Å². The van der Waals surface area contributed by atoms with Gasteiger partial charge in [-0.2, -0.15) is 0 Å². The van der Waals surface area contributed by atoms with Gasteiger partial charge in [0.2, 0.25) is 0 Å². The first kappa shape index (κ1) is 7.79. The van der Waals surface area contributed by atoms with Crippen LogP contribution < -0.4 is 0 Å². The molecule has 0 saturated heterocycles. The summed E-state index contributed by atoms with van der Waals surface area (Å²) in [6.07, 6.45) is 0. The normalized spacial score (nSPS) is 12.0. The van der Waals surface area contributed by atoms with Crippen molar-refractivity contribution in [2.24, 2.45) is 0 Å². The van der Waals surface area contributed by atoms with Crippen LogP contribution in [0, 0.1) is 0 Å². The van der Waals surface area contributed by atoms with Crippen molar-refractivity contribution in [3.63, 3.8) is 0 Å². The van der Waals surface area contributed by atoms with E-state index in [1.165, 1.54) is 0 Å². The molecule has 0 aromatic heterocycles. The van der Waals surface area contributed by atoms with Gasteiger partial charge in [-0.3, -0.25) is 0 Å². The van der Waals surface area contributed by atoms with E-state index in [1.54, 1.807) is 0 Å². The van der Waals surface area contributed by atoms with E-state index < -0.39 is 12.7 Å². The van der Waals surface area contributed by atoms with Crippen LogP contribution in [-0.2, 0) is 3.76 Å². The number of rotatable bonds is 2. The molecule has 0 fully saturated rings. The molecule has 0 aliphatic heterocycles. The molecule has 0 aliphatic rings. The standard InChI is InChI=1S/C4H11ClGeO/c1-4-7-6(2,3)5/h4H2,1-3H3. The molecule has 0 atom stereocenters. The predicted molar refractivity (Wildman–Crippen MR) is 35.0 cm³/mol. The summed E-state index contributed by atoms with van der Waals surface area (Å²) in [5.41, 5.74) is 0. The van der Waals surface area contributed by atoms with Gasteiger partial charge in [0.25, 0.3) is 0 Å². The van der Waals surface area contributed by atoms with Crippen molar-refractivity contribution in [2.45, 2.75) is 18.4 Å². The molecular weight excluding hydrogens is 172 g/mol. The molecule has 0 aromatic rings. The fourth-order valence-corrected chi connectivity index (χ4v) is 2.35. The molecule has 0 aromatic carbocycles. The summed E-state index contributed by atoms with van der Waals surface area (Å²) in [5.74, 6) is 4.01. The molecule has 1 nitrogen and oxygen atoms in total. The number of hydrogen-bond donors (Lipinski definition) is 0. The van der Waals surface area contributed by atoms with Gasteiger partial charge in [0, 0.05) is 0 Å². The summed E-state index contributed by atoms with van der Waals surface area (Å²) in [6.45, 7) is 2.73. The van der Waals surface area contributed by atoms with E-state index >= 15 is 0 Å². The second kappa shape index (κ2) is 2.95. The third-order valence-electron chi connectivity index (χ3n) is 0.488. The Morgan fingerprint density at radius 1 is 1.57 bits per heavy atom. The summed E-state index contributed by atoms with van der Waals surface area (Å²) in [5, 5.41) is 0. The van der Waals surface area contributed by atoms with Crippen LogP contribution in [0.25, 0.3) is 0 Å². The monoisotopic (exact) mass is 184 g/mol. The third-order valence-corrected chi connectivity index (χ3v) is 3.10. The van der Waals surface area contributed by atoms with Gasteiger partial charge in [-0.1, -0.05) is 0 Å². The Hall–Kier alpha value is 0.793. The zero-order valence-corrected chi connectivity index (χ0v) is 7.85. The van der Waals surface area contributed by atoms with E-state index in [4.69, 9.17) is 13.8 Å². The van der Waals surface area contributed by atoms with Gasteiger partial charge < -0.3 is 0 Å². The first-order valence-corrected chi connectivity index (χ1v) is 10.2. The van der Waals surface area contributed by atoms with E-state index in [1.807, 2.05) is 18.4 Å². The van der Waals surface area contributed by atoms with E-state index in [0.29, 0.717) is 0 Å². The SMILES string of the molecule is CC[O][Ge]([CH3])([CH3])[Cl]. The predicted octanol–water partition coefficient (Wildman–Crippen LogP) is 1.96. The molecule has 0 bridgehead atoms. The van der Waals surface area contributed by atoms with Gasteiger partial charge in [-0.15, -0.1) is 0 Å². The van der Waals surface area contributed by atoms with Gasteiger partial charge in [-0.25, -0.2) is 0 Å². The molecule has 0 heterocycles. The summed E-state index contributed by atoms with van der Waals surface area (Å²) in [6, 6.07) is 0. The van der Waals surface area contributed by atoms with Crippen LogP contribution in [0.1, 0.15) is 6.92 Å². The van der Waals surface area contributed by atoms with Crippen LogP contribution in [0.4, 0.5) is 0 Å². The zero-order chi connectivity index (χ0) is 5.91. The van der Waals surface area contributed by atoms with Crippen LogP contribution in [0.15, 0.2) is 0 Å². The molecule has 0 N–H and O–H groups in total. The summed E-state index contributed by atoms with van der Waals surface area (Å²) in [7, 11) is 5.80. The Balaban J connectivity index is 3.15. The molecular formula is C4H11ClGeO. The van der Waals surface area contributed by atoms with Crippen molar-refractivity contribution in [3.8, 4) is 0 Å². The Morgan fingerprint density at radius 3 is 2.00 bits per heavy atom. The molecule has 7 heavy (non-hydrogen) atoms. The van der Waals surface area contributed by atoms with Crippen molar-refractivity contribution in [2.75, 3.05) is 6.61 Å². The Kier molecular flexibility index (Phi) is 3.28. The second-order valence-corrected chi connectivity index (χ2v) is 12.9. The molecule has 0 spiro atoms. The summed E-state index contributed by atoms with van der Waals surface area (Å²) in [4.78, 5) is 0. The summed E-state index contributed by atoms with van der Waals surface area (Å²) >= 11 is -2.11. The zero-order valence-electron chi connectivity index (χ0n) is 4.99. The first-order valence-electron chi connectivity index (χ1n) is 2.39. The summed E-state index contributed by atoms with van der Waals surface area (Å²) < 4.78 is 5.18. The van der Waals surface area contributed by atoms with Crippen molar-refractivity contribution < 1.29 is 3.76 Å². The molecule has 0 unspecified atom stereocenters. The quantitative estimate of drug-likeness (QED) is 0.595. The van der Waals surface area contributed by atoms with Crippen molar-refractivity contribution in [1.82, 2.24) is 0 Å². The Bertz CT molecular complexity index is 50.1. The van der Waals surface area contributed by atoms with Gasteiger partial charge in [-0.05, 0) is 0 Å². The molecule has 0 radical (unpaired) electrons. The Morgan fingerprint density at radius 2 is 2.00 bits per heavy atom. The molecule has 0 rings (SSSR count). The molecule has 3 heteroatoms. The average Bonchev–Trinajstić information content (AvgIpc) is 1.30. The molecule has 0 amide bonds. The van der Waals surface area contributed by atoms with Gasteiger partial charge in [0.15, 0.2) is 0 Å². The van der Waals surface area contributed by atoms with Crippen molar-refractivity contribution >= 4 is 22.7 Å². The maximum atomic E-state index is 5.80. The van der Waals surface area contributed by atoms with Crippen LogP contribution in [0.5, 0.6) is 0 Å². The van der Waals surface area contributed by atoms with Crippen LogP contribution in [-0.4, -0.2) is 19.3 Å². The van der Waals surface area contributed by atoms with E-state index in [9.17, 15) is 0 Å². The second-order valence-electron chi connectivity index (χ2n) is 1.80. The van der Waals surface area contributed by atoms with E-state index in [-0.39, 0.29) is 0 Å². The van der Waals surface area contributed by atoms with E-state index in [0.717, 1.165) is 6.61 Å². The van der Waals surface area contributed by atoms with Gasteiger partial charge in [0.1, 0.15) is 0 Å². The van der Waals surface area contributed by atoms with Crippen LogP contribution in [0.2, 0.25) is 11.5 Å². The molecule has 0 saturated carbocycles. The van der Waals surface area contributed by atoms with E-state index in [2.05, 4.69) is 0 Å². The Labute approximate surface area is 51.9 Å². The fourth-order valence-electron chi connectivity index (χ4n) is 0.343. The first-order chi connectivity index (χ1) is 3.06. The van der Waals surface area contributed by atoms with Gasteiger partial charge >= 0.3 is 51.5 Å². The molecule has 0 aliphatic carbocycles. The fraction of sp³-hybridized carbons (Fsp3) is 1.00.